The smallest absolute Gasteiger partial charge is 0.226 e. The van der Waals surface area contributed by atoms with E-state index in [-0.39, 0.29) is 5.91 Å². The second-order valence-electron chi connectivity index (χ2n) is 7.14. The Labute approximate surface area is 121 Å². The minimum absolute atomic E-state index is 0.0525. The van der Waals surface area contributed by atoms with Gasteiger partial charge in [-0.15, -0.1) is 0 Å². The summed E-state index contributed by atoms with van der Waals surface area (Å²) in [7, 11) is -3.15. The Bertz CT molecular complexity index is 507. The topological polar surface area (TPSA) is 54.5 Å². The molecule has 3 aliphatic rings. The molecule has 0 bridgehead atoms. The van der Waals surface area contributed by atoms with Gasteiger partial charge in [-0.2, -0.15) is 0 Å². The number of carbonyl (C=O) groups is 1. The number of hydrogen-bond acceptors (Lipinski definition) is 3. The van der Waals surface area contributed by atoms with Crippen LogP contribution in [0.3, 0.4) is 0 Å². The van der Waals surface area contributed by atoms with Crippen LogP contribution in [0.4, 0.5) is 0 Å². The lowest BCUT2D eigenvalue weighted by Crippen LogP contribution is -2.62. The molecule has 1 aliphatic heterocycles. The number of rotatable bonds is 5. The van der Waals surface area contributed by atoms with Crippen LogP contribution in [0.5, 0.6) is 0 Å². The van der Waals surface area contributed by atoms with E-state index in [2.05, 4.69) is 0 Å². The van der Waals surface area contributed by atoms with Crippen LogP contribution in [0.25, 0.3) is 0 Å². The first-order valence-corrected chi connectivity index (χ1v) is 9.75. The lowest BCUT2D eigenvalue weighted by molar-refractivity contribution is -0.150. The predicted octanol–water partition coefficient (Wildman–Crippen LogP) is 1.70. The van der Waals surface area contributed by atoms with Gasteiger partial charge in [0, 0.05) is 24.8 Å². The molecule has 20 heavy (non-hydrogen) atoms. The van der Waals surface area contributed by atoms with Crippen LogP contribution in [0.1, 0.15) is 39.5 Å². The maximum Gasteiger partial charge on any atom is 0.226 e. The number of amides is 1. The Kier molecular flexibility index (Phi) is 3.39. The third kappa shape index (κ3) is 2.49. The zero-order chi connectivity index (χ0) is 14.7. The van der Waals surface area contributed by atoms with Crippen molar-refractivity contribution in [1.29, 1.82) is 0 Å². The van der Waals surface area contributed by atoms with Crippen LogP contribution in [0.15, 0.2) is 0 Å². The average molecular weight is 299 g/mol. The number of sulfone groups is 1. The minimum atomic E-state index is -3.15. The first kappa shape index (κ1) is 14.4. The summed E-state index contributed by atoms with van der Waals surface area (Å²) >= 11 is 0. The molecule has 3 fully saturated rings. The highest BCUT2D eigenvalue weighted by Gasteiger charge is 2.55. The van der Waals surface area contributed by atoms with Crippen LogP contribution in [0, 0.1) is 23.7 Å². The van der Waals surface area contributed by atoms with E-state index in [4.69, 9.17) is 0 Å². The molecule has 0 radical (unpaired) electrons. The van der Waals surface area contributed by atoms with E-state index in [0.29, 0.717) is 17.9 Å². The number of hydrogen-bond donors (Lipinski definition) is 0. The average Bonchev–Trinajstić information content (AvgIpc) is 3.16. The van der Waals surface area contributed by atoms with Crippen molar-refractivity contribution in [2.45, 2.75) is 50.8 Å². The molecule has 3 rings (SSSR count). The highest BCUT2D eigenvalue weighted by Crippen LogP contribution is 2.52. The molecule has 0 aromatic heterocycles. The largest absolute Gasteiger partial charge is 0.338 e. The van der Waals surface area contributed by atoms with E-state index in [0.717, 1.165) is 12.5 Å². The fourth-order valence-corrected chi connectivity index (χ4v) is 4.47. The third-order valence-electron chi connectivity index (χ3n) is 5.59. The molecule has 2 saturated carbocycles. The standard InChI is InChI=1S/C15H25NO3S/c1-9(10(2)20(3,18)19)15(17)16-8-13(11-4-5-11)14(16)12-6-7-12/h9-14H,4-8H2,1-3H3. The highest BCUT2D eigenvalue weighted by atomic mass is 32.2. The second-order valence-corrected chi connectivity index (χ2v) is 9.55. The molecule has 1 heterocycles. The molecule has 1 amide bonds. The molecule has 4 unspecified atom stereocenters. The van der Waals surface area contributed by atoms with Crippen molar-refractivity contribution >= 4 is 15.7 Å². The maximum absolute atomic E-state index is 12.6. The number of carbonyl (C=O) groups excluding carboxylic acids is 1. The third-order valence-corrected chi connectivity index (χ3v) is 7.35. The van der Waals surface area contributed by atoms with E-state index in [1.165, 1.54) is 31.9 Å². The summed E-state index contributed by atoms with van der Waals surface area (Å²) in [6, 6.07) is 0.421. The molecule has 4 nitrogen and oxygen atoms in total. The SMILES string of the molecule is CC(C(=O)N1CC(C2CC2)C1C1CC1)C(C)S(C)(=O)=O. The number of nitrogens with zero attached hydrogens (tertiary/aromatic N) is 1. The van der Waals surface area contributed by atoms with Crippen molar-refractivity contribution < 1.29 is 13.2 Å². The van der Waals surface area contributed by atoms with Gasteiger partial charge in [0.2, 0.25) is 5.91 Å². The zero-order valence-corrected chi connectivity index (χ0v) is 13.4. The molecular weight excluding hydrogens is 274 g/mol. The summed E-state index contributed by atoms with van der Waals surface area (Å²) in [4.78, 5) is 14.6. The maximum atomic E-state index is 12.6. The molecular formula is C15H25NO3S. The Morgan fingerprint density at radius 3 is 2.10 bits per heavy atom. The highest BCUT2D eigenvalue weighted by molar-refractivity contribution is 7.91. The molecule has 114 valence electrons. The molecule has 0 aromatic carbocycles. The van der Waals surface area contributed by atoms with Gasteiger partial charge in [0.25, 0.3) is 0 Å². The van der Waals surface area contributed by atoms with Crippen LogP contribution in [-0.2, 0) is 14.6 Å². The Hall–Kier alpha value is -0.580. The van der Waals surface area contributed by atoms with E-state index in [9.17, 15) is 13.2 Å². The van der Waals surface area contributed by atoms with Crippen LogP contribution in [0.2, 0.25) is 0 Å². The summed E-state index contributed by atoms with van der Waals surface area (Å²) in [6.45, 7) is 4.29. The van der Waals surface area contributed by atoms with Crippen molar-refractivity contribution in [3.63, 3.8) is 0 Å². The Morgan fingerprint density at radius 1 is 1.10 bits per heavy atom. The van der Waals surface area contributed by atoms with Crippen molar-refractivity contribution in [1.82, 2.24) is 4.90 Å². The van der Waals surface area contributed by atoms with Gasteiger partial charge in [-0.25, -0.2) is 8.42 Å². The van der Waals surface area contributed by atoms with Crippen molar-refractivity contribution in [2.75, 3.05) is 12.8 Å². The van der Waals surface area contributed by atoms with Gasteiger partial charge in [-0.05, 0) is 44.4 Å². The summed E-state index contributed by atoms with van der Waals surface area (Å²) in [5, 5.41) is -0.588. The van der Waals surface area contributed by atoms with E-state index in [1.807, 2.05) is 4.90 Å². The first-order valence-electron chi connectivity index (χ1n) is 7.80. The van der Waals surface area contributed by atoms with Gasteiger partial charge in [0.1, 0.15) is 0 Å². The van der Waals surface area contributed by atoms with E-state index in [1.54, 1.807) is 13.8 Å². The zero-order valence-electron chi connectivity index (χ0n) is 12.6. The molecule has 0 aromatic rings. The van der Waals surface area contributed by atoms with Gasteiger partial charge in [-0.3, -0.25) is 4.79 Å². The van der Waals surface area contributed by atoms with Gasteiger partial charge in [-0.1, -0.05) is 6.92 Å². The summed E-state index contributed by atoms with van der Waals surface area (Å²) in [5.74, 6) is 1.86. The fraction of sp³-hybridized carbons (Fsp3) is 0.933. The summed E-state index contributed by atoms with van der Waals surface area (Å²) in [6.07, 6.45) is 6.36. The Morgan fingerprint density at radius 2 is 1.65 bits per heavy atom. The van der Waals surface area contributed by atoms with E-state index < -0.39 is 21.0 Å². The van der Waals surface area contributed by atoms with Crippen molar-refractivity contribution in [3.8, 4) is 0 Å². The van der Waals surface area contributed by atoms with Gasteiger partial charge >= 0.3 is 0 Å². The summed E-state index contributed by atoms with van der Waals surface area (Å²) < 4.78 is 23.3. The van der Waals surface area contributed by atoms with Crippen LogP contribution < -0.4 is 0 Å². The van der Waals surface area contributed by atoms with Crippen molar-refractivity contribution in [2.24, 2.45) is 23.7 Å². The van der Waals surface area contributed by atoms with Gasteiger partial charge in [0.05, 0.1) is 11.2 Å². The minimum Gasteiger partial charge on any atom is -0.338 e. The molecule has 5 heteroatoms. The molecule has 0 spiro atoms. The van der Waals surface area contributed by atoms with Gasteiger partial charge in [0.15, 0.2) is 9.84 Å². The quantitative estimate of drug-likeness (QED) is 0.776. The molecule has 4 atom stereocenters. The monoisotopic (exact) mass is 299 g/mol. The molecule has 1 saturated heterocycles. The van der Waals surface area contributed by atoms with Crippen molar-refractivity contribution in [3.05, 3.63) is 0 Å². The lowest BCUT2D eigenvalue weighted by atomic mass is 9.80. The second kappa shape index (κ2) is 4.72. The molecule has 2 aliphatic carbocycles. The van der Waals surface area contributed by atoms with E-state index >= 15 is 0 Å². The number of likely N-dealkylation sites (tertiary alicyclic amines) is 1. The molecule has 0 N–H and O–H groups in total. The lowest BCUT2D eigenvalue weighted by Gasteiger charge is -2.50. The van der Waals surface area contributed by atoms with Crippen LogP contribution >= 0.6 is 0 Å². The predicted molar refractivity (Wildman–Crippen MR) is 77.9 cm³/mol. The van der Waals surface area contributed by atoms with Crippen LogP contribution in [-0.4, -0.2) is 43.3 Å². The Balaban J connectivity index is 1.68. The van der Waals surface area contributed by atoms with Gasteiger partial charge < -0.3 is 4.90 Å². The fourth-order valence-electron chi connectivity index (χ4n) is 3.61. The summed E-state index contributed by atoms with van der Waals surface area (Å²) in [5.41, 5.74) is 0. The first-order chi connectivity index (χ1) is 9.30. The normalized spacial score (nSPS) is 33.5.